The first-order valence-corrected chi connectivity index (χ1v) is 7.68. The fraction of sp³-hybridized carbons (Fsp3) is 0.375. The van der Waals surface area contributed by atoms with E-state index >= 15 is 0 Å². The summed E-state index contributed by atoms with van der Waals surface area (Å²) in [6.45, 7) is 3.15. The van der Waals surface area contributed by atoms with E-state index in [1.165, 1.54) is 16.1 Å². The zero-order valence-electron chi connectivity index (χ0n) is 11.7. The molecule has 2 N–H and O–H groups in total. The maximum Gasteiger partial charge on any atom is 0.0412 e. The van der Waals surface area contributed by atoms with E-state index in [9.17, 15) is 0 Å². The van der Waals surface area contributed by atoms with Gasteiger partial charge in [0.2, 0.25) is 0 Å². The third-order valence-corrected chi connectivity index (χ3v) is 4.40. The fourth-order valence-corrected chi connectivity index (χ4v) is 2.92. The number of hydrogen-bond acceptors (Lipinski definition) is 3. The molecule has 102 valence electrons. The minimum absolute atomic E-state index is 0.125. The van der Waals surface area contributed by atoms with Crippen molar-refractivity contribution in [3.05, 3.63) is 52.2 Å². The van der Waals surface area contributed by atoms with Gasteiger partial charge in [0.1, 0.15) is 0 Å². The zero-order chi connectivity index (χ0) is 13.7. The molecule has 2 rings (SSSR count). The summed E-state index contributed by atoms with van der Waals surface area (Å²) >= 11 is 1.82. The summed E-state index contributed by atoms with van der Waals surface area (Å²) in [7, 11) is 2.15. The van der Waals surface area contributed by atoms with E-state index in [1.807, 2.05) is 11.3 Å². The molecule has 19 heavy (non-hydrogen) atoms. The number of para-hydroxylation sites is 1. The molecule has 0 fully saturated rings. The highest BCUT2D eigenvalue weighted by molar-refractivity contribution is 7.09. The fourth-order valence-electron chi connectivity index (χ4n) is 2.22. The molecule has 1 atom stereocenters. The summed E-state index contributed by atoms with van der Waals surface area (Å²) in [4.78, 5) is 3.74. The Hall–Kier alpha value is -1.32. The monoisotopic (exact) mass is 274 g/mol. The summed E-state index contributed by atoms with van der Waals surface area (Å²) in [5.41, 5.74) is 8.71. The third-order valence-electron chi connectivity index (χ3n) is 3.46. The highest BCUT2D eigenvalue weighted by atomic mass is 32.1. The molecule has 0 spiro atoms. The van der Waals surface area contributed by atoms with Crippen LogP contribution in [0.2, 0.25) is 0 Å². The van der Waals surface area contributed by atoms with Gasteiger partial charge in [0.15, 0.2) is 0 Å². The Morgan fingerprint density at radius 3 is 2.68 bits per heavy atom. The van der Waals surface area contributed by atoms with Crippen LogP contribution >= 0.6 is 11.3 Å². The highest BCUT2D eigenvalue weighted by Crippen LogP contribution is 2.26. The van der Waals surface area contributed by atoms with Crippen LogP contribution in [0.3, 0.4) is 0 Å². The third kappa shape index (κ3) is 3.58. The first kappa shape index (κ1) is 14.1. The Morgan fingerprint density at radius 1 is 1.21 bits per heavy atom. The number of hydrogen-bond donors (Lipinski definition) is 1. The molecule has 1 aromatic heterocycles. The molecule has 0 aliphatic rings. The van der Waals surface area contributed by atoms with Crippen molar-refractivity contribution in [2.24, 2.45) is 5.73 Å². The van der Waals surface area contributed by atoms with Crippen molar-refractivity contribution in [2.45, 2.75) is 25.8 Å². The van der Waals surface area contributed by atoms with Crippen molar-refractivity contribution < 1.29 is 0 Å². The number of thiophene rings is 1. The first-order valence-electron chi connectivity index (χ1n) is 6.80. The van der Waals surface area contributed by atoms with Crippen LogP contribution in [0.15, 0.2) is 41.8 Å². The molecular weight excluding hydrogens is 252 g/mol. The SMILES string of the molecule is CC[C@@H](N)c1ccccc1N(C)CCc1cccs1. The van der Waals surface area contributed by atoms with Gasteiger partial charge in [-0.05, 0) is 35.9 Å². The van der Waals surface area contributed by atoms with Crippen molar-refractivity contribution in [1.82, 2.24) is 0 Å². The van der Waals surface area contributed by atoms with Gasteiger partial charge >= 0.3 is 0 Å². The maximum absolute atomic E-state index is 6.20. The van der Waals surface area contributed by atoms with Crippen LogP contribution in [-0.2, 0) is 6.42 Å². The molecule has 3 heteroatoms. The number of benzene rings is 1. The van der Waals surface area contributed by atoms with Crippen LogP contribution in [-0.4, -0.2) is 13.6 Å². The van der Waals surface area contributed by atoms with Crippen LogP contribution in [0.5, 0.6) is 0 Å². The predicted octanol–water partition coefficient (Wildman–Crippen LogP) is 3.84. The Labute approximate surface area is 119 Å². The van der Waals surface area contributed by atoms with E-state index in [0.29, 0.717) is 0 Å². The molecule has 0 bridgehead atoms. The van der Waals surface area contributed by atoms with Crippen molar-refractivity contribution in [3.63, 3.8) is 0 Å². The lowest BCUT2D eigenvalue weighted by Crippen LogP contribution is -2.23. The van der Waals surface area contributed by atoms with Gasteiger partial charge < -0.3 is 10.6 Å². The van der Waals surface area contributed by atoms with Gasteiger partial charge in [-0.2, -0.15) is 0 Å². The average Bonchev–Trinajstić information content (AvgIpc) is 2.97. The Kier molecular flexibility index (Phi) is 5.00. The normalized spacial score (nSPS) is 12.4. The standard InChI is InChI=1S/C16H22N2S/c1-3-15(17)14-8-4-5-9-16(14)18(2)11-10-13-7-6-12-19-13/h4-9,12,15H,3,10-11,17H2,1-2H3/t15-/m1/s1. The van der Waals surface area contributed by atoms with E-state index in [1.54, 1.807) is 0 Å². The van der Waals surface area contributed by atoms with Crippen molar-refractivity contribution in [2.75, 3.05) is 18.5 Å². The molecule has 2 aromatic rings. The second kappa shape index (κ2) is 6.73. The second-order valence-corrected chi connectivity index (χ2v) is 5.86. The number of nitrogens with zero attached hydrogens (tertiary/aromatic N) is 1. The summed E-state index contributed by atoms with van der Waals surface area (Å²) in [5, 5.41) is 2.14. The van der Waals surface area contributed by atoms with Crippen LogP contribution in [0.4, 0.5) is 5.69 Å². The largest absolute Gasteiger partial charge is 0.374 e. The van der Waals surface area contributed by atoms with E-state index in [2.05, 4.69) is 60.6 Å². The van der Waals surface area contributed by atoms with Crippen LogP contribution < -0.4 is 10.6 Å². The molecule has 2 nitrogen and oxygen atoms in total. The first-order chi connectivity index (χ1) is 9.22. The van der Waals surface area contributed by atoms with Gasteiger partial charge in [-0.1, -0.05) is 31.2 Å². The summed E-state index contributed by atoms with van der Waals surface area (Å²) in [6.07, 6.45) is 2.06. The number of anilines is 1. The molecule has 1 aromatic carbocycles. The maximum atomic E-state index is 6.20. The molecule has 0 unspecified atom stereocenters. The molecule has 0 saturated carbocycles. The second-order valence-electron chi connectivity index (χ2n) is 4.82. The summed E-state index contributed by atoms with van der Waals surface area (Å²) in [6, 6.07) is 12.9. The van der Waals surface area contributed by atoms with Crippen molar-refractivity contribution in [1.29, 1.82) is 0 Å². The van der Waals surface area contributed by atoms with Gasteiger partial charge in [0.05, 0.1) is 0 Å². The Morgan fingerprint density at radius 2 is 2.00 bits per heavy atom. The minimum Gasteiger partial charge on any atom is -0.374 e. The summed E-state index contributed by atoms with van der Waals surface area (Å²) < 4.78 is 0. The van der Waals surface area contributed by atoms with E-state index in [-0.39, 0.29) is 6.04 Å². The molecule has 0 saturated heterocycles. The molecule has 0 aliphatic heterocycles. The predicted molar refractivity (Wildman–Crippen MR) is 85.0 cm³/mol. The zero-order valence-corrected chi connectivity index (χ0v) is 12.5. The highest BCUT2D eigenvalue weighted by Gasteiger charge is 2.12. The smallest absolute Gasteiger partial charge is 0.0412 e. The quantitative estimate of drug-likeness (QED) is 0.867. The topological polar surface area (TPSA) is 29.3 Å². The lowest BCUT2D eigenvalue weighted by atomic mass is 10.0. The van der Waals surface area contributed by atoms with Crippen LogP contribution in [0.25, 0.3) is 0 Å². The number of rotatable bonds is 6. The average molecular weight is 274 g/mol. The number of likely N-dealkylation sites (N-methyl/N-ethyl adjacent to an activating group) is 1. The van der Waals surface area contributed by atoms with E-state index in [0.717, 1.165) is 19.4 Å². The Balaban J connectivity index is 2.07. The van der Waals surface area contributed by atoms with Gasteiger partial charge in [0.25, 0.3) is 0 Å². The van der Waals surface area contributed by atoms with Gasteiger partial charge in [-0.3, -0.25) is 0 Å². The van der Waals surface area contributed by atoms with E-state index < -0.39 is 0 Å². The number of nitrogens with two attached hydrogens (primary N) is 1. The van der Waals surface area contributed by atoms with Crippen LogP contribution in [0, 0.1) is 0 Å². The lowest BCUT2D eigenvalue weighted by Gasteiger charge is -2.24. The summed E-state index contributed by atoms with van der Waals surface area (Å²) in [5.74, 6) is 0. The molecule has 0 radical (unpaired) electrons. The van der Waals surface area contributed by atoms with Crippen molar-refractivity contribution in [3.8, 4) is 0 Å². The minimum atomic E-state index is 0.125. The van der Waals surface area contributed by atoms with Crippen LogP contribution in [0.1, 0.15) is 29.8 Å². The molecule has 0 aliphatic carbocycles. The molecule has 1 heterocycles. The lowest BCUT2D eigenvalue weighted by molar-refractivity contribution is 0.694. The molecular formula is C16H22N2S. The Bertz CT molecular complexity index is 493. The van der Waals surface area contributed by atoms with E-state index in [4.69, 9.17) is 5.73 Å². The molecule has 0 amide bonds. The van der Waals surface area contributed by atoms with Gasteiger partial charge in [-0.25, -0.2) is 0 Å². The van der Waals surface area contributed by atoms with Crippen molar-refractivity contribution >= 4 is 17.0 Å². The van der Waals surface area contributed by atoms with Gasteiger partial charge in [0, 0.05) is 30.2 Å². The van der Waals surface area contributed by atoms with Gasteiger partial charge in [-0.15, -0.1) is 11.3 Å².